The zero-order chi connectivity index (χ0) is 13.0. The van der Waals surface area contributed by atoms with E-state index in [1.165, 1.54) is 0 Å². The number of amides is 1. The summed E-state index contributed by atoms with van der Waals surface area (Å²) in [4.78, 5) is 14.1. The highest BCUT2D eigenvalue weighted by Gasteiger charge is 2.26. The van der Waals surface area contributed by atoms with Gasteiger partial charge in [0.25, 0.3) is 0 Å². The molecule has 0 spiro atoms. The van der Waals surface area contributed by atoms with E-state index < -0.39 is 6.04 Å². The normalized spacial score (nSPS) is 17.4. The summed E-state index contributed by atoms with van der Waals surface area (Å²) >= 11 is 0. The van der Waals surface area contributed by atoms with E-state index in [2.05, 4.69) is 0 Å². The lowest BCUT2D eigenvalue weighted by Gasteiger charge is -2.32. The van der Waals surface area contributed by atoms with E-state index in [0.29, 0.717) is 0 Å². The van der Waals surface area contributed by atoms with Crippen LogP contribution in [0.3, 0.4) is 0 Å². The lowest BCUT2D eigenvalue weighted by Crippen LogP contribution is -2.44. The molecule has 1 aromatic rings. The van der Waals surface area contributed by atoms with E-state index in [1.54, 1.807) is 4.90 Å². The number of likely N-dealkylation sites (N-methyl/N-ethyl adjacent to an activating group) is 1. The maximum atomic E-state index is 12.3. The third-order valence-corrected chi connectivity index (χ3v) is 3.51. The second-order valence-electron chi connectivity index (χ2n) is 4.68. The first kappa shape index (κ1) is 16.0. The predicted molar refractivity (Wildman–Crippen MR) is 77.2 cm³/mol. The number of hydrogen-bond acceptors (Lipinski definition) is 3. The fraction of sp³-hybridized carbons (Fsp3) is 0.500. The van der Waals surface area contributed by atoms with Gasteiger partial charge in [-0.2, -0.15) is 0 Å². The van der Waals surface area contributed by atoms with Crippen LogP contribution in [0.4, 0.5) is 0 Å². The van der Waals surface area contributed by atoms with E-state index in [1.807, 2.05) is 37.4 Å². The highest BCUT2D eigenvalue weighted by atomic mass is 35.5. The molecular weight excluding hydrogens is 264 g/mol. The minimum atomic E-state index is -0.570. The van der Waals surface area contributed by atoms with Crippen LogP contribution >= 0.6 is 12.4 Å². The topological polar surface area (TPSA) is 55.6 Å². The molecule has 5 heteroatoms. The molecule has 19 heavy (non-hydrogen) atoms. The summed E-state index contributed by atoms with van der Waals surface area (Å²) in [5, 5.41) is 0. The summed E-state index contributed by atoms with van der Waals surface area (Å²) in [5.41, 5.74) is 6.89. The Labute approximate surface area is 120 Å². The average molecular weight is 285 g/mol. The largest absolute Gasteiger partial charge is 0.381 e. The molecule has 1 heterocycles. The lowest BCUT2D eigenvalue weighted by molar-refractivity contribution is -0.135. The number of carbonyl (C=O) groups is 1. The second kappa shape index (κ2) is 7.48. The molecule has 0 radical (unpaired) electrons. The number of rotatable bonds is 3. The predicted octanol–water partition coefficient (Wildman–Crippen LogP) is 1.75. The molecule has 1 fully saturated rings. The van der Waals surface area contributed by atoms with E-state index in [0.717, 1.165) is 31.6 Å². The van der Waals surface area contributed by atoms with Crippen molar-refractivity contribution in [1.82, 2.24) is 4.90 Å². The molecule has 0 aliphatic carbocycles. The van der Waals surface area contributed by atoms with Gasteiger partial charge in [0.1, 0.15) is 6.04 Å². The molecule has 0 aromatic heterocycles. The van der Waals surface area contributed by atoms with Crippen LogP contribution in [-0.4, -0.2) is 37.1 Å². The van der Waals surface area contributed by atoms with Crippen molar-refractivity contribution >= 4 is 18.3 Å². The zero-order valence-electron chi connectivity index (χ0n) is 11.1. The Morgan fingerprint density at radius 3 is 2.47 bits per heavy atom. The number of ether oxygens (including phenoxy) is 1. The van der Waals surface area contributed by atoms with E-state index in [4.69, 9.17) is 10.5 Å². The Balaban J connectivity index is 0.00000180. The van der Waals surface area contributed by atoms with E-state index in [-0.39, 0.29) is 24.4 Å². The summed E-state index contributed by atoms with van der Waals surface area (Å²) in [6, 6.07) is 9.18. The van der Waals surface area contributed by atoms with Crippen LogP contribution in [0.15, 0.2) is 30.3 Å². The van der Waals surface area contributed by atoms with Gasteiger partial charge in [0.2, 0.25) is 5.91 Å². The monoisotopic (exact) mass is 284 g/mol. The van der Waals surface area contributed by atoms with Crippen molar-refractivity contribution in [2.24, 2.45) is 5.73 Å². The molecule has 2 N–H and O–H groups in total. The van der Waals surface area contributed by atoms with Crippen molar-refractivity contribution in [3.8, 4) is 0 Å². The molecule has 1 aromatic carbocycles. The third-order valence-electron chi connectivity index (χ3n) is 3.51. The molecule has 0 saturated carbocycles. The van der Waals surface area contributed by atoms with Crippen molar-refractivity contribution < 1.29 is 9.53 Å². The Morgan fingerprint density at radius 1 is 1.32 bits per heavy atom. The maximum Gasteiger partial charge on any atom is 0.244 e. The third kappa shape index (κ3) is 3.93. The number of nitrogens with two attached hydrogens (primary N) is 1. The summed E-state index contributed by atoms with van der Waals surface area (Å²) in [7, 11) is 1.83. The van der Waals surface area contributed by atoms with Crippen LogP contribution in [0.2, 0.25) is 0 Å². The standard InChI is InChI=1S/C14H20N2O2.ClH/c1-16(12-7-9-18-10-8-12)14(17)13(15)11-5-3-2-4-6-11;/h2-6,12-13H,7-10,15H2,1H3;1H. The highest BCUT2D eigenvalue weighted by Crippen LogP contribution is 2.18. The van der Waals surface area contributed by atoms with Gasteiger partial charge in [-0.1, -0.05) is 30.3 Å². The van der Waals surface area contributed by atoms with Gasteiger partial charge in [0.15, 0.2) is 0 Å². The minimum Gasteiger partial charge on any atom is -0.381 e. The number of hydrogen-bond donors (Lipinski definition) is 1. The quantitative estimate of drug-likeness (QED) is 0.920. The number of halogens is 1. The molecule has 1 amide bonds. The van der Waals surface area contributed by atoms with Gasteiger partial charge in [0.05, 0.1) is 0 Å². The Kier molecular flexibility index (Phi) is 6.28. The maximum absolute atomic E-state index is 12.3. The Bertz CT molecular complexity index is 394. The van der Waals surface area contributed by atoms with Crippen LogP contribution < -0.4 is 5.73 Å². The highest BCUT2D eigenvalue weighted by molar-refractivity contribution is 5.85. The van der Waals surface area contributed by atoms with Gasteiger partial charge < -0.3 is 15.4 Å². The molecule has 1 atom stereocenters. The van der Waals surface area contributed by atoms with Gasteiger partial charge in [0, 0.05) is 26.3 Å². The van der Waals surface area contributed by atoms with Crippen molar-refractivity contribution in [1.29, 1.82) is 0 Å². The van der Waals surface area contributed by atoms with Gasteiger partial charge in [-0.3, -0.25) is 4.79 Å². The molecule has 1 aliphatic rings. The van der Waals surface area contributed by atoms with Crippen molar-refractivity contribution in [2.45, 2.75) is 24.9 Å². The summed E-state index contributed by atoms with van der Waals surface area (Å²) in [6.07, 6.45) is 1.79. The van der Waals surface area contributed by atoms with Gasteiger partial charge in [-0.05, 0) is 18.4 Å². The van der Waals surface area contributed by atoms with Gasteiger partial charge in [-0.15, -0.1) is 12.4 Å². The van der Waals surface area contributed by atoms with Crippen molar-refractivity contribution in [3.05, 3.63) is 35.9 Å². The fourth-order valence-electron chi connectivity index (χ4n) is 2.27. The van der Waals surface area contributed by atoms with Crippen LogP contribution in [0, 0.1) is 0 Å². The van der Waals surface area contributed by atoms with Crippen LogP contribution in [0.1, 0.15) is 24.4 Å². The number of nitrogens with zero attached hydrogens (tertiary/aromatic N) is 1. The average Bonchev–Trinajstić information content (AvgIpc) is 2.47. The smallest absolute Gasteiger partial charge is 0.244 e. The van der Waals surface area contributed by atoms with Crippen LogP contribution in [0.5, 0.6) is 0 Å². The summed E-state index contributed by atoms with van der Waals surface area (Å²) in [5.74, 6) is -0.0203. The molecule has 1 saturated heterocycles. The number of benzene rings is 1. The lowest BCUT2D eigenvalue weighted by atomic mass is 10.0. The van der Waals surface area contributed by atoms with Crippen LogP contribution in [-0.2, 0) is 9.53 Å². The minimum absolute atomic E-state index is 0. The molecule has 0 bridgehead atoms. The SMILES string of the molecule is CN(C(=O)C(N)c1ccccc1)C1CCOCC1.Cl. The van der Waals surface area contributed by atoms with Gasteiger partial charge >= 0.3 is 0 Å². The first-order valence-electron chi connectivity index (χ1n) is 6.35. The molecular formula is C14H21ClN2O2. The van der Waals surface area contributed by atoms with E-state index in [9.17, 15) is 4.79 Å². The van der Waals surface area contributed by atoms with Crippen LogP contribution in [0.25, 0.3) is 0 Å². The second-order valence-corrected chi connectivity index (χ2v) is 4.68. The molecule has 1 unspecified atom stereocenters. The summed E-state index contributed by atoms with van der Waals surface area (Å²) in [6.45, 7) is 1.45. The Hall–Kier alpha value is -1.10. The van der Waals surface area contributed by atoms with E-state index >= 15 is 0 Å². The first-order valence-corrected chi connectivity index (χ1v) is 6.35. The molecule has 106 valence electrons. The zero-order valence-corrected chi connectivity index (χ0v) is 11.9. The summed E-state index contributed by atoms with van der Waals surface area (Å²) < 4.78 is 5.31. The number of carbonyl (C=O) groups excluding carboxylic acids is 1. The van der Waals surface area contributed by atoms with Crippen molar-refractivity contribution in [3.63, 3.8) is 0 Å². The first-order chi connectivity index (χ1) is 8.70. The fourth-order valence-corrected chi connectivity index (χ4v) is 2.27. The van der Waals surface area contributed by atoms with Crippen molar-refractivity contribution in [2.75, 3.05) is 20.3 Å². The van der Waals surface area contributed by atoms with Gasteiger partial charge in [-0.25, -0.2) is 0 Å². The molecule has 1 aliphatic heterocycles. The molecule has 4 nitrogen and oxygen atoms in total. The Morgan fingerprint density at radius 2 is 1.89 bits per heavy atom. The molecule has 2 rings (SSSR count).